The van der Waals surface area contributed by atoms with Crippen LogP contribution in [-0.2, 0) is 4.79 Å². The van der Waals surface area contributed by atoms with Gasteiger partial charge in [0.1, 0.15) is 0 Å². The topological polar surface area (TPSA) is 34.1 Å². The molecule has 1 aromatic rings. The molecule has 0 amide bonds. The molecule has 1 aromatic carbocycles. The minimum Gasteiger partial charge on any atom is -0.296 e. The molecule has 0 aliphatic heterocycles. The van der Waals surface area contributed by atoms with E-state index in [0.717, 1.165) is 5.56 Å². The van der Waals surface area contributed by atoms with Gasteiger partial charge in [0.15, 0.2) is 16.4 Å². The zero-order valence-corrected chi connectivity index (χ0v) is 9.68. The predicted octanol–water partition coefficient (Wildman–Crippen LogP) is 2.94. The van der Waals surface area contributed by atoms with E-state index >= 15 is 0 Å². The number of aryl methyl sites for hydroxylation is 1. The Balaban J connectivity index is 2.69. The van der Waals surface area contributed by atoms with Crippen molar-refractivity contribution in [3.05, 3.63) is 35.4 Å². The standard InChI is InChI=1S/C11H10Cl2O2/c1-7-2-4-8(5-3-7)9(14)6-10(15)11(12)13/h2-5,11H,6H2,1H3. The maximum atomic E-state index is 11.5. The number of benzene rings is 1. The predicted molar refractivity (Wildman–Crippen MR) is 60.6 cm³/mol. The van der Waals surface area contributed by atoms with E-state index in [1.54, 1.807) is 12.1 Å². The van der Waals surface area contributed by atoms with Crippen molar-refractivity contribution < 1.29 is 9.59 Å². The number of halogens is 2. The van der Waals surface area contributed by atoms with Crippen LogP contribution in [0.4, 0.5) is 0 Å². The quantitative estimate of drug-likeness (QED) is 0.464. The van der Waals surface area contributed by atoms with Gasteiger partial charge in [-0.3, -0.25) is 9.59 Å². The average Bonchev–Trinajstić information content (AvgIpc) is 2.18. The molecule has 0 saturated heterocycles. The normalized spacial score (nSPS) is 10.4. The summed E-state index contributed by atoms with van der Waals surface area (Å²) in [6.07, 6.45) is -0.249. The Labute approximate surface area is 98.2 Å². The average molecular weight is 245 g/mol. The molecule has 0 N–H and O–H groups in total. The molecule has 0 aromatic heterocycles. The number of hydrogen-bond donors (Lipinski definition) is 0. The summed E-state index contributed by atoms with van der Waals surface area (Å²) in [6.45, 7) is 1.92. The molecule has 0 aliphatic rings. The van der Waals surface area contributed by atoms with Gasteiger partial charge in [0, 0.05) is 5.56 Å². The smallest absolute Gasteiger partial charge is 0.173 e. The maximum Gasteiger partial charge on any atom is 0.173 e. The molecule has 0 saturated carbocycles. The van der Waals surface area contributed by atoms with Crippen LogP contribution in [-0.4, -0.2) is 16.4 Å². The summed E-state index contributed by atoms with van der Waals surface area (Å²) in [7, 11) is 0. The van der Waals surface area contributed by atoms with Crippen LogP contribution < -0.4 is 0 Å². The molecule has 4 heteroatoms. The Morgan fingerprint density at radius 1 is 1.20 bits per heavy atom. The van der Waals surface area contributed by atoms with Crippen molar-refractivity contribution in [2.45, 2.75) is 18.2 Å². The fourth-order valence-corrected chi connectivity index (χ4v) is 1.23. The molecular weight excluding hydrogens is 235 g/mol. The van der Waals surface area contributed by atoms with Crippen molar-refractivity contribution in [3.63, 3.8) is 0 Å². The van der Waals surface area contributed by atoms with Gasteiger partial charge in [-0.2, -0.15) is 0 Å². The summed E-state index contributed by atoms with van der Waals surface area (Å²) >= 11 is 10.7. The molecule has 0 aliphatic carbocycles. The van der Waals surface area contributed by atoms with E-state index in [9.17, 15) is 9.59 Å². The summed E-state index contributed by atoms with van der Waals surface area (Å²) in [5.41, 5.74) is 1.56. The van der Waals surface area contributed by atoms with Crippen molar-refractivity contribution in [2.75, 3.05) is 0 Å². The highest BCUT2D eigenvalue weighted by Gasteiger charge is 2.17. The molecule has 0 atom stereocenters. The molecule has 0 unspecified atom stereocenters. The summed E-state index contributed by atoms with van der Waals surface area (Å²) < 4.78 is 0. The van der Waals surface area contributed by atoms with Crippen LogP contribution in [0.1, 0.15) is 22.3 Å². The number of rotatable bonds is 4. The van der Waals surface area contributed by atoms with Crippen molar-refractivity contribution in [2.24, 2.45) is 0 Å². The Kier molecular flexibility index (Phi) is 4.30. The number of carbonyl (C=O) groups is 2. The van der Waals surface area contributed by atoms with Gasteiger partial charge < -0.3 is 0 Å². The first-order chi connectivity index (χ1) is 7.00. The molecule has 80 valence electrons. The molecule has 0 spiro atoms. The van der Waals surface area contributed by atoms with E-state index < -0.39 is 10.6 Å². The number of alkyl halides is 2. The van der Waals surface area contributed by atoms with Crippen LogP contribution in [0.5, 0.6) is 0 Å². The van der Waals surface area contributed by atoms with Gasteiger partial charge >= 0.3 is 0 Å². The number of hydrogen-bond acceptors (Lipinski definition) is 2. The SMILES string of the molecule is Cc1ccc(C(=O)CC(=O)C(Cl)Cl)cc1. The first-order valence-corrected chi connectivity index (χ1v) is 5.28. The highest BCUT2D eigenvalue weighted by Crippen LogP contribution is 2.11. The van der Waals surface area contributed by atoms with Gasteiger partial charge in [0.05, 0.1) is 6.42 Å². The number of Topliss-reactive ketones (excluding diaryl/α,β-unsaturated/α-hetero) is 2. The third-order valence-corrected chi connectivity index (χ3v) is 2.44. The Morgan fingerprint density at radius 2 is 1.73 bits per heavy atom. The van der Waals surface area contributed by atoms with Gasteiger partial charge in [0.2, 0.25) is 0 Å². The molecule has 0 fully saturated rings. The Hall–Kier alpha value is -0.860. The molecule has 2 nitrogen and oxygen atoms in total. The monoisotopic (exact) mass is 244 g/mol. The van der Waals surface area contributed by atoms with Crippen LogP contribution in [0.2, 0.25) is 0 Å². The van der Waals surface area contributed by atoms with E-state index in [4.69, 9.17) is 23.2 Å². The van der Waals surface area contributed by atoms with Crippen LogP contribution in [0.25, 0.3) is 0 Å². The summed E-state index contributed by atoms with van der Waals surface area (Å²) in [6, 6.07) is 7.00. The van der Waals surface area contributed by atoms with Crippen molar-refractivity contribution in [1.82, 2.24) is 0 Å². The molecule has 0 radical (unpaired) electrons. The molecular formula is C11H10Cl2O2. The van der Waals surface area contributed by atoms with E-state index in [1.165, 1.54) is 0 Å². The van der Waals surface area contributed by atoms with Crippen molar-refractivity contribution in [1.29, 1.82) is 0 Å². The van der Waals surface area contributed by atoms with Crippen LogP contribution in [0.3, 0.4) is 0 Å². The zero-order valence-electron chi connectivity index (χ0n) is 8.17. The third kappa shape index (κ3) is 3.65. The summed E-state index contributed by atoms with van der Waals surface area (Å²) in [4.78, 5) is 21.5. The molecule has 15 heavy (non-hydrogen) atoms. The van der Waals surface area contributed by atoms with Crippen LogP contribution in [0.15, 0.2) is 24.3 Å². The second-order valence-electron chi connectivity index (χ2n) is 3.23. The highest BCUT2D eigenvalue weighted by molar-refractivity contribution is 6.54. The molecule has 0 bridgehead atoms. The second-order valence-corrected chi connectivity index (χ2v) is 4.33. The van der Waals surface area contributed by atoms with Crippen molar-refractivity contribution in [3.8, 4) is 0 Å². The second kappa shape index (κ2) is 5.29. The van der Waals surface area contributed by atoms with Gasteiger partial charge in [-0.05, 0) is 6.92 Å². The highest BCUT2D eigenvalue weighted by atomic mass is 35.5. The van der Waals surface area contributed by atoms with Gasteiger partial charge in [-0.25, -0.2) is 0 Å². The van der Waals surface area contributed by atoms with Crippen LogP contribution in [0, 0.1) is 6.92 Å². The largest absolute Gasteiger partial charge is 0.296 e. The lowest BCUT2D eigenvalue weighted by Gasteiger charge is -2.01. The Morgan fingerprint density at radius 3 is 2.20 bits per heavy atom. The first kappa shape index (κ1) is 12.2. The first-order valence-electron chi connectivity index (χ1n) is 4.41. The number of carbonyl (C=O) groups excluding carboxylic acids is 2. The van der Waals surface area contributed by atoms with Crippen molar-refractivity contribution >= 4 is 34.8 Å². The van der Waals surface area contributed by atoms with Gasteiger partial charge in [0.25, 0.3) is 0 Å². The van der Waals surface area contributed by atoms with E-state index in [2.05, 4.69) is 0 Å². The van der Waals surface area contributed by atoms with E-state index in [1.807, 2.05) is 19.1 Å². The summed E-state index contributed by atoms with van der Waals surface area (Å²) in [5.74, 6) is -0.727. The van der Waals surface area contributed by atoms with Crippen LogP contribution >= 0.6 is 23.2 Å². The Bertz CT molecular complexity index is 369. The summed E-state index contributed by atoms with van der Waals surface area (Å²) in [5, 5.41) is 0. The van der Waals surface area contributed by atoms with E-state index in [0.29, 0.717) is 5.56 Å². The zero-order chi connectivity index (χ0) is 11.4. The van der Waals surface area contributed by atoms with Gasteiger partial charge in [-0.15, -0.1) is 0 Å². The lowest BCUT2D eigenvalue weighted by molar-refractivity contribution is -0.116. The molecule has 1 rings (SSSR count). The fraction of sp³-hybridized carbons (Fsp3) is 0.273. The minimum absolute atomic E-state index is 0.249. The maximum absolute atomic E-state index is 11.5. The minimum atomic E-state index is -1.13. The van der Waals surface area contributed by atoms with E-state index in [-0.39, 0.29) is 12.2 Å². The molecule has 0 heterocycles. The van der Waals surface area contributed by atoms with Gasteiger partial charge in [-0.1, -0.05) is 53.0 Å². The lowest BCUT2D eigenvalue weighted by Crippen LogP contribution is -2.13. The lowest BCUT2D eigenvalue weighted by atomic mass is 10.1. The fourth-order valence-electron chi connectivity index (χ4n) is 1.08. The number of ketones is 2. The third-order valence-electron chi connectivity index (χ3n) is 1.95.